The van der Waals surface area contributed by atoms with E-state index in [2.05, 4.69) is 5.32 Å². The van der Waals surface area contributed by atoms with Crippen molar-refractivity contribution in [2.24, 2.45) is 11.7 Å². The summed E-state index contributed by atoms with van der Waals surface area (Å²) >= 11 is 0. The van der Waals surface area contributed by atoms with Crippen LogP contribution in [0.4, 0.5) is 5.69 Å². The van der Waals surface area contributed by atoms with Crippen molar-refractivity contribution in [3.63, 3.8) is 0 Å². The molecule has 0 bridgehead atoms. The van der Waals surface area contributed by atoms with Crippen molar-refractivity contribution < 1.29 is 14.3 Å². The highest BCUT2D eigenvalue weighted by molar-refractivity contribution is 5.92. The largest absolute Gasteiger partial charge is 0.484 e. The monoisotopic (exact) mass is 383 g/mol. The van der Waals surface area contributed by atoms with Gasteiger partial charge in [-0.2, -0.15) is 0 Å². The third-order valence-corrected chi connectivity index (χ3v) is 4.67. The normalized spacial score (nSPS) is 19.2. The molecule has 26 heavy (non-hydrogen) atoms. The third-order valence-electron chi connectivity index (χ3n) is 4.67. The summed E-state index contributed by atoms with van der Waals surface area (Å²) in [7, 11) is 0. The lowest BCUT2D eigenvalue weighted by molar-refractivity contribution is -0.133. The Morgan fingerprint density at radius 1 is 1.27 bits per heavy atom. The third kappa shape index (κ3) is 6.50. The summed E-state index contributed by atoms with van der Waals surface area (Å²) in [5.74, 6) is 0.498. The molecule has 1 aromatic carbocycles. The van der Waals surface area contributed by atoms with Gasteiger partial charge < -0.3 is 20.7 Å². The molecule has 1 aliphatic rings. The molecule has 6 nitrogen and oxygen atoms in total. The maximum atomic E-state index is 12.4. The molecule has 2 rings (SSSR count). The van der Waals surface area contributed by atoms with Crippen LogP contribution in [0, 0.1) is 5.92 Å². The predicted molar refractivity (Wildman–Crippen MR) is 106 cm³/mol. The van der Waals surface area contributed by atoms with E-state index < -0.39 is 0 Å². The average Bonchev–Trinajstić information content (AvgIpc) is 2.61. The first kappa shape index (κ1) is 22.3. The lowest BCUT2D eigenvalue weighted by Crippen LogP contribution is -2.34. The van der Waals surface area contributed by atoms with Crippen LogP contribution in [0.3, 0.4) is 0 Å². The van der Waals surface area contributed by atoms with Crippen LogP contribution in [0.5, 0.6) is 5.75 Å². The van der Waals surface area contributed by atoms with Gasteiger partial charge in [0.25, 0.3) is 5.91 Å². The number of benzene rings is 1. The minimum Gasteiger partial charge on any atom is -0.484 e. The fourth-order valence-electron chi connectivity index (χ4n) is 3.19. The van der Waals surface area contributed by atoms with Crippen molar-refractivity contribution in [2.45, 2.75) is 45.6 Å². The highest BCUT2D eigenvalue weighted by Gasteiger charge is 2.25. The van der Waals surface area contributed by atoms with Gasteiger partial charge in [0.1, 0.15) is 5.75 Å². The van der Waals surface area contributed by atoms with E-state index in [4.69, 9.17) is 10.5 Å². The van der Waals surface area contributed by atoms with Gasteiger partial charge in [-0.25, -0.2) is 0 Å². The van der Waals surface area contributed by atoms with E-state index in [0.717, 1.165) is 25.7 Å². The molecule has 1 saturated carbocycles. The minimum absolute atomic E-state index is 0. The number of likely N-dealkylation sites (N-methyl/N-ethyl adjacent to an activating group) is 1. The standard InChI is InChI=1S/C19H29N3O3.ClH/c1-3-22(4-2)18(23)13-25-17-10-6-9-16(12-17)21-19(24)14-7-5-8-15(20)11-14;/h6,9-10,12,14-15H,3-5,7-8,11,13,20H2,1-2H3,(H,21,24);1H. The van der Waals surface area contributed by atoms with Gasteiger partial charge in [0.2, 0.25) is 5.91 Å². The Balaban J connectivity index is 0.00000338. The molecule has 2 amide bonds. The topological polar surface area (TPSA) is 84.7 Å². The molecule has 0 aromatic heterocycles. The smallest absolute Gasteiger partial charge is 0.260 e. The maximum absolute atomic E-state index is 12.4. The number of nitrogens with one attached hydrogen (secondary N) is 1. The van der Waals surface area contributed by atoms with Gasteiger partial charge in [0, 0.05) is 36.8 Å². The predicted octanol–water partition coefficient (Wildman–Crippen LogP) is 2.81. The van der Waals surface area contributed by atoms with Gasteiger partial charge >= 0.3 is 0 Å². The van der Waals surface area contributed by atoms with Gasteiger partial charge in [0.15, 0.2) is 6.61 Å². The summed E-state index contributed by atoms with van der Waals surface area (Å²) < 4.78 is 5.57. The molecule has 2 atom stereocenters. The minimum atomic E-state index is -0.0457. The van der Waals surface area contributed by atoms with Crippen LogP contribution >= 0.6 is 12.4 Å². The van der Waals surface area contributed by atoms with Crippen molar-refractivity contribution in [3.05, 3.63) is 24.3 Å². The molecule has 0 aliphatic heterocycles. The zero-order valence-corrected chi connectivity index (χ0v) is 16.4. The summed E-state index contributed by atoms with van der Waals surface area (Å²) in [6.07, 6.45) is 3.61. The average molecular weight is 384 g/mol. The summed E-state index contributed by atoms with van der Waals surface area (Å²) in [4.78, 5) is 26.1. The number of halogens is 1. The van der Waals surface area contributed by atoms with Gasteiger partial charge in [-0.3, -0.25) is 9.59 Å². The van der Waals surface area contributed by atoms with E-state index in [9.17, 15) is 9.59 Å². The summed E-state index contributed by atoms with van der Waals surface area (Å²) in [5, 5.41) is 2.94. The zero-order chi connectivity index (χ0) is 18.2. The molecule has 2 unspecified atom stereocenters. The van der Waals surface area contributed by atoms with Crippen LogP contribution in [-0.4, -0.2) is 42.5 Å². The van der Waals surface area contributed by atoms with Crippen molar-refractivity contribution in [1.82, 2.24) is 4.90 Å². The Morgan fingerprint density at radius 3 is 2.65 bits per heavy atom. The van der Waals surface area contributed by atoms with Gasteiger partial charge in [0.05, 0.1) is 0 Å². The van der Waals surface area contributed by atoms with E-state index in [-0.39, 0.29) is 42.8 Å². The van der Waals surface area contributed by atoms with Crippen LogP contribution in [0.2, 0.25) is 0 Å². The second-order valence-corrected chi connectivity index (χ2v) is 6.50. The number of carbonyl (C=O) groups is 2. The quantitative estimate of drug-likeness (QED) is 0.758. The van der Waals surface area contributed by atoms with Crippen molar-refractivity contribution in [3.8, 4) is 5.75 Å². The molecule has 0 heterocycles. The van der Waals surface area contributed by atoms with Gasteiger partial charge in [-0.05, 0) is 45.2 Å². The molecule has 1 fully saturated rings. The van der Waals surface area contributed by atoms with Crippen LogP contribution in [0.15, 0.2) is 24.3 Å². The molecule has 0 spiro atoms. The molecule has 0 saturated heterocycles. The SMILES string of the molecule is CCN(CC)C(=O)COc1cccc(NC(=O)C2CCCC(N)C2)c1.Cl. The number of carbonyl (C=O) groups excluding carboxylic acids is 2. The maximum Gasteiger partial charge on any atom is 0.260 e. The molecule has 1 aliphatic carbocycles. The van der Waals surface area contributed by atoms with Gasteiger partial charge in [-0.15, -0.1) is 12.4 Å². The lowest BCUT2D eigenvalue weighted by atomic mass is 9.85. The highest BCUT2D eigenvalue weighted by Crippen LogP contribution is 2.25. The lowest BCUT2D eigenvalue weighted by Gasteiger charge is -2.25. The van der Waals surface area contributed by atoms with Crippen molar-refractivity contribution in [2.75, 3.05) is 25.0 Å². The first-order valence-corrected chi connectivity index (χ1v) is 9.10. The fourth-order valence-corrected chi connectivity index (χ4v) is 3.19. The first-order valence-electron chi connectivity index (χ1n) is 9.10. The number of anilines is 1. The molecule has 0 radical (unpaired) electrons. The highest BCUT2D eigenvalue weighted by atomic mass is 35.5. The van der Waals surface area contributed by atoms with E-state index in [0.29, 0.717) is 24.5 Å². The fraction of sp³-hybridized carbons (Fsp3) is 0.579. The van der Waals surface area contributed by atoms with Crippen molar-refractivity contribution in [1.29, 1.82) is 0 Å². The Morgan fingerprint density at radius 2 is 2.00 bits per heavy atom. The summed E-state index contributed by atoms with van der Waals surface area (Å²) in [5.41, 5.74) is 6.64. The second-order valence-electron chi connectivity index (χ2n) is 6.50. The molecule has 1 aromatic rings. The summed E-state index contributed by atoms with van der Waals surface area (Å²) in [6, 6.07) is 7.27. The number of hydrogen-bond donors (Lipinski definition) is 2. The molecular formula is C19H30ClN3O3. The second kappa shape index (κ2) is 11.0. The first-order chi connectivity index (χ1) is 12.0. The Kier molecular flexibility index (Phi) is 9.44. The molecule has 146 valence electrons. The molecular weight excluding hydrogens is 354 g/mol. The van der Waals surface area contributed by atoms with E-state index in [1.807, 2.05) is 19.9 Å². The number of rotatable bonds is 7. The van der Waals surface area contributed by atoms with Gasteiger partial charge in [-0.1, -0.05) is 12.5 Å². The van der Waals surface area contributed by atoms with Crippen LogP contribution < -0.4 is 15.8 Å². The van der Waals surface area contributed by atoms with E-state index >= 15 is 0 Å². The van der Waals surface area contributed by atoms with E-state index in [1.54, 1.807) is 23.1 Å². The Hall–Kier alpha value is -1.79. The number of nitrogens with zero attached hydrogens (tertiary/aromatic N) is 1. The number of amides is 2. The Labute approximate surface area is 161 Å². The number of nitrogens with two attached hydrogens (primary N) is 1. The Bertz CT molecular complexity index is 593. The summed E-state index contributed by atoms with van der Waals surface area (Å²) in [6.45, 7) is 5.20. The molecule has 7 heteroatoms. The number of hydrogen-bond acceptors (Lipinski definition) is 4. The molecule has 3 N–H and O–H groups in total. The van der Waals surface area contributed by atoms with E-state index in [1.165, 1.54) is 0 Å². The van der Waals surface area contributed by atoms with Crippen molar-refractivity contribution >= 4 is 29.9 Å². The van der Waals surface area contributed by atoms with Crippen LogP contribution in [0.1, 0.15) is 39.5 Å². The van der Waals surface area contributed by atoms with Crippen LogP contribution in [0.25, 0.3) is 0 Å². The zero-order valence-electron chi connectivity index (χ0n) is 15.6. The number of ether oxygens (including phenoxy) is 1. The van der Waals surface area contributed by atoms with Crippen LogP contribution in [-0.2, 0) is 9.59 Å².